The molecule has 0 aliphatic carbocycles. The highest BCUT2D eigenvalue weighted by Crippen LogP contribution is 2.20. The number of amides is 1. The van der Waals surface area contributed by atoms with Crippen LogP contribution in [0.5, 0.6) is 5.75 Å². The first-order chi connectivity index (χ1) is 13.1. The Morgan fingerprint density at radius 1 is 1.14 bits per heavy atom. The highest BCUT2D eigenvalue weighted by molar-refractivity contribution is 7.92. The van der Waals surface area contributed by atoms with Gasteiger partial charge in [0.1, 0.15) is 12.3 Å². The largest absolute Gasteiger partial charge is 0.427 e. The number of anilines is 1. The third-order valence-electron chi connectivity index (χ3n) is 3.35. The van der Waals surface area contributed by atoms with Crippen molar-refractivity contribution in [1.82, 2.24) is 5.43 Å². The molecule has 2 aromatic rings. The van der Waals surface area contributed by atoms with Gasteiger partial charge in [0.2, 0.25) is 10.0 Å². The number of nitrogens with zero attached hydrogens (tertiary/aromatic N) is 2. The standard InChI is InChI=1S/C18H18ClN3O5S/c1-13(23)27-17-9-3-14(4-10-17)11-20-21-18(24)12-22(28(2,25)26)16-7-5-15(19)6-8-16/h3-11H,12H2,1-2H3,(H,21,24)/b20-11-. The molecule has 1 N–H and O–H groups in total. The normalized spacial score (nSPS) is 11.2. The molecule has 28 heavy (non-hydrogen) atoms. The summed E-state index contributed by atoms with van der Waals surface area (Å²) < 4.78 is 29.8. The van der Waals surface area contributed by atoms with Gasteiger partial charge in [-0.15, -0.1) is 0 Å². The van der Waals surface area contributed by atoms with Crippen molar-refractivity contribution >= 4 is 45.4 Å². The van der Waals surface area contributed by atoms with Crippen LogP contribution in [0, 0.1) is 0 Å². The Bertz CT molecular complexity index is 973. The van der Waals surface area contributed by atoms with Crippen LogP contribution >= 0.6 is 11.6 Å². The van der Waals surface area contributed by atoms with Gasteiger partial charge in [0.25, 0.3) is 5.91 Å². The SMILES string of the molecule is CC(=O)Oc1ccc(/C=N\NC(=O)CN(c2ccc(Cl)cc2)S(C)(=O)=O)cc1. The van der Waals surface area contributed by atoms with Crippen LogP contribution < -0.4 is 14.5 Å². The number of carbonyl (C=O) groups is 2. The minimum atomic E-state index is -3.68. The van der Waals surface area contributed by atoms with Gasteiger partial charge in [-0.25, -0.2) is 13.8 Å². The fourth-order valence-electron chi connectivity index (χ4n) is 2.14. The van der Waals surface area contributed by atoms with Crippen molar-refractivity contribution in [3.05, 3.63) is 59.1 Å². The van der Waals surface area contributed by atoms with E-state index in [1.54, 1.807) is 24.3 Å². The van der Waals surface area contributed by atoms with Crippen LogP contribution in [0.2, 0.25) is 5.02 Å². The number of hydrogen-bond acceptors (Lipinski definition) is 6. The van der Waals surface area contributed by atoms with Crippen LogP contribution in [0.4, 0.5) is 5.69 Å². The highest BCUT2D eigenvalue weighted by Gasteiger charge is 2.20. The maximum atomic E-state index is 12.1. The van der Waals surface area contributed by atoms with Crippen LogP contribution in [0.1, 0.15) is 12.5 Å². The van der Waals surface area contributed by atoms with Crippen LogP contribution in [-0.4, -0.2) is 39.3 Å². The van der Waals surface area contributed by atoms with Gasteiger partial charge in [0, 0.05) is 11.9 Å². The number of esters is 1. The molecule has 0 fully saturated rings. The van der Waals surface area contributed by atoms with Gasteiger partial charge >= 0.3 is 5.97 Å². The minimum absolute atomic E-state index is 0.312. The number of carbonyl (C=O) groups excluding carboxylic acids is 2. The van der Waals surface area contributed by atoms with Gasteiger partial charge < -0.3 is 4.74 Å². The van der Waals surface area contributed by atoms with Crippen molar-refractivity contribution in [2.24, 2.45) is 5.10 Å². The van der Waals surface area contributed by atoms with Gasteiger partial charge in [-0.05, 0) is 54.1 Å². The van der Waals surface area contributed by atoms with Crippen molar-refractivity contribution in [3.8, 4) is 5.75 Å². The number of ether oxygens (including phenoxy) is 1. The molecular formula is C18H18ClN3O5S. The van der Waals surface area contributed by atoms with Gasteiger partial charge in [0.15, 0.2) is 0 Å². The molecule has 148 valence electrons. The predicted molar refractivity (Wildman–Crippen MR) is 107 cm³/mol. The molecule has 1 amide bonds. The summed E-state index contributed by atoms with van der Waals surface area (Å²) in [7, 11) is -3.68. The quantitative estimate of drug-likeness (QED) is 0.318. The highest BCUT2D eigenvalue weighted by atomic mass is 35.5. The van der Waals surface area contributed by atoms with Gasteiger partial charge in [-0.1, -0.05) is 11.6 Å². The van der Waals surface area contributed by atoms with E-state index in [0.29, 0.717) is 22.0 Å². The van der Waals surface area contributed by atoms with Crippen LogP contribution in [-0.2, 0) is 19.6 Å². The zero-order chi connectivity index (χ0) is 20.7. The molecule has 10 heteroatoms. The fourth-order valence-corrected chi connectivity index (χ4v) is 3.12. The second kappa shape index (κ2) is 9.34. The molecule has 0 saturated heterocycles. The summed E-state index contributed by atoms with van der Waals surface area (Å²) in [5.41, 5.74) is 3.23. The Morgan fingerprint density at radius 2 is 1.75 bits per heavy atom. The lowest BCUT2D eigenvalue weighted by molar-refractivity contribution is -0.131. The molecule has 0 aliphatic heterocycles. The molecule has 0 atom stereocenters. The summed E-state index contributed by atoms with van der Waals surface area (Å²) >= 11 is 5.81. The molecule has 0 heterocycles. The lowest BCUT2D eigenvalue weighted by atomic mass is 10.2. The van der Waals surface area contributed by atoms with Crippen molar-refractivity contribution in [2.75, 3.05) is 17.1 Å². The Hall–Kier alpha value is -2.91. The van der Waals surface area contributed by atoms with Gasteiger partial charge in [0.05, 0.1) is 18.2 Å². The first-order valence-corrected chi connectivity index (χ1v) is 10.2. The van der Waals surface area contributed by atoms with Crippen molar-refractivity contribution in [2.45, 2.75) is 6.92 Å². The van der Waals surface area contributed by atoms with E-state index in [9.17, 15) is 18.0 Å². The maximum absolute atomic E-state index is 12.1. The third-order valence-corrected chi connectivity index (χ3v) is 4.74. The molecule has 0 aromatic heterocycles. The van der Waals surface area contributed by atoms with E-state index in [1.807, 2.05) is 0 Å². The van der Waals surface area contributed by atoms with E-state index < -0.39 is 28.4 Å². The fraction of sp³-hybridized carbons (Fsp3) is 0.167. The second-order valence-corrected chi connectivity index (χ2v) is 8.05. The van der Waals surface area contributed by atoms with Gasteiger partial charge in [-0.2, -0.15) is 5.10 Å². The Balaban J connectivity index is 2.00. The van der Waals surface area contributed by atoms with E-state index in [1.165, 1.54) is 37.4 Å². The third kappa shape index (κ3) is 6.67. The summed E-state index contributed by atoms with van der Waals surface area (Å²) in [4.78, 5) is 23.0. The van der Waals surface area contributed by atoms with Crippen LogP contribution in [0.3, 0.4) is 0 Å². The van der Waals surface area contributed by atoms with E-state index in [2.05, 4.69) is 10.5 Å². The summed E-state index contributed by atoms with van der Waals surface area (Å²) in [6.07, 6.45) is 2.38. The molecule has 8 nitrogen and oxygen atoms in total. The summed E-state index contributed by atoms with van der Waals surface area (Å²) in [5, 5.41) is 4.25. The number of hydrazone groups is 1. The van der Waals surface area contributed by atoms with Crippen molar-refractivity contribution in [1.29, 1.82) is 0 Å². The number of rotatable bonds is 7. The summed E-state index contributed by atoms with van der Waals surface area (Å²) in [6, 6.07) is 12.5. The van der Waals surface area contributed by atoms with Gasteiger partial charge in [-0.3, -0.25) is 13.9 Å². The Morgan fingerprint density at radius 3 is 2.29 bits per heavy atom. The first-order valence-electron chi connectivity index (χ1n) is 7.99. The molecule has 2 aromatic carbocycles. The van der Waals surface area contributed by atoms with Crippen molar-refractivity contribution in [3.63, 3.8) is 0 Å². The summed E-state index contributed by atoms with van der Waals surface area (Å²) in [5.74, 6) is -0.654. The lowest BCUT2D eigenvalue weighted by Gasteiger charge is -2.21. The number of benzene rings is 2. The smallest absolute Gasteiger partial charge is 0.308 e. The molecule has 2 rings (SSSR count). The van der Waals surface area contributed by atoms with E-state index in [-0.39, 0.29) is 0 Å². The molecule has 0 spiro atoms. The molecule has 0 bridgehead atoms. The molecule has 0 aliphatic rings. The van der Waals surface area contributed by atoms with E-state index in [0.717, 1.165) is 10.6 Å². The molecule has 0 unspecified atom stereocenters. The monoisotopic (exact) mass is 423 g/mol. The topological polar surface area (TPSA) is 105 Å². The lowest BCUT2D eigenvalue weighted by Crippen LogP contribution is -2.38. The number of nitrogens with one attached hydrogen (secondary N) is 1. The zero-order valence-corrected chi connectivity index (χ0v) is 16.7. The van der Waals surface area contributed by atoms with Crippen LogP contribution in [0.15, 0.2) is 53.6 Å². The average Bonchev–Trinajstić information content (AvgIpc) is 2.61. The van der Waals surface area contributed by atoms with Crippen LogP contribution in [0.25, 0.3) is 0 Å². The first kappa shape index (κ1) is 21.4. The van der Waals surface area contributed by atoms with E-state index in [4.69, 9.17) is 16.3 Å². The number of sulfonamides is 1. The summed E-state index contributed by atoms with van der Waals surface area (Å²) in [6.45, 7) is 0.859. The number of hydrogen-bond donors (Lipinski definition) is 1. The zero-order valence-electron chi connectivity index (χ0n) is 15.1. The van der Waals surface area contributed by atoms with E-state index >= 15 is 0 Å². The minimum Gasteiger partial charge on any atom is -0.427 e. The molecule has 0 saturated carbocycles. The number of halogens is 1. The molecular weight excluding hydrogens is 406 g/mol. The average molecular weight is 424 g/mol. The second-order valence-electron chi connectivity index (χ2n) is 5.70. The maximum Gasteiger partial charge on any atom is 0.308 e. The molecule has 0 radical (unpaired) electrons. The Labute approximate surface area is 167 Å². The van der Waals surface area contributed by atoms with Crippen molar-refractivity contribution < 1.29 is 22.7 Å². The Kier molecular flexibility index (Phi) is 7.13. The predicted octanol–water partition coefficient (Wildman–Crippen LogP) is 2.18.